The Labute approximate surface area is 104 Å². The van der Waals surface area contributed by atoms with Gasteiger partial charge in [-0.3, -0.25) is 9.48 Å². The van der Waals surface area contributed by atoms with E-state index in [1.807, 2.05) is 0 Å². The first-order valence-electron chi connectivity index (χ1n) is 5.40. The fourth-order valence-electron chi connectivity index (χ4n) is 1.36. The number of anilines is 1. The van der Waals surface area contributed by atoms with E-state index in [4.69, 9.17) is 4.74 Å². The predicted molar refractivity (Wildman–Crippen MR) is 64.1 cm³/mol. The van der Waals surface area contributed by atoms with E-state index in [9.17, 15) is 4.79 Å². The Morgan fingerprint density at radius 3 is 3.00 bits per heavy atom. The van der Waals surface area contributed by atoms with E-state index >= 15 is 0 Å². The van der Waals surface area contributed by atoms with Crippen LogP contribution in [0.2, 0.25) is 0 Å². The van der Waals surface area contributed by atoms with Gasteiger partial charge in [-0.1, -0.05) is 0 Å². The largest absolute Gasteiger partial charge is 0.481 e. The number of rotatable bonds is 5. The first-order valence-corrected chi connectivity index (χ1v) is 5.40. The van der Waals surface area contributed by atoms with Crippen molar-refractivity contribution in [2.24, 2.45) is 0 Å². The van der Waals surface area contributed by atoms with Crippen molar-refractivity contribution in [2.75, 3.05) is 12.4 Å². The molecule has 7 heteroatoms. The topological polar surface area (TPSA) is 81.9 Å². The van der Waals surface area contributed by atoms with Crippen LogP contribution in [0.5, 0.6) is 5.88 Å². The van der Waals surface area contributed by atoms with Gasteiger partial charge >= 0.3 is 0 Å². The molecular weight excluding hydrogens is 234 g/mol. The predicted octanol–water partition coefficient (Wildman–Crippen LogP) is 0.710. The van der Waals surface area contributed by atoms with Crippen LogP contribution in [-0.2, 0) is 11.3 Å². The van der Waals surface area contributed by atoms with Crippen molar-refractivity contribution < 1.29 is 9.53 Å². The fraction of sp³-hybridized carbons (Fsp3) is 0.273. The molecule has 1 amide bonds. The molecule has 2 aromatic rings. The lowest BCUT2D eigenvalue weighted by Gasteiger charge is -2.05. The molecule has 0 aliphatic heterocycles. The van der Waals surface area contributed by atoms with E-state index in [0.717, 1.165) is 0 Å². The zero-order chi connectivity index (χ0) is 12.8. The summed E-state index contributed by atoms with van der Waals surface area (Å²) in [4.78, 5) is 19.4. The van der Waals surface area contributed by atoms with E-state index in [1.54, 1.807) is 36.4 Å². The van der Waals surface area contributed by atoms with E-state index in [-0.39, 0.29) is 5.91 Å². The third kappa shape index (κ3) is 3.27. The number of ether oxygens (including phenoxy) is 1. The minimum Gasteiger partial charge on any atom is -0.481 e. The maximum Gasteiger partial charge on any atom is 0.226 e. The van der Waals surface area contributed by atoms with Crippen molar-refractivity contribution in [1.82, 2.24) is 19.7 Å². The molecule has 0 aliphatic carbocycles. The molecule has 94 valence electrons. The highest BCUT2D eigenvalue weighted by Gasteiger charge is 2.03. The number of carbonyl (C=O) groups is 1. The number of hydrogen-bond acceptors (Lipinski definition) is 5. The van der Waals surface area contributed by atoms with Crippen LogP contribution in [0.25, 0.3) is 0 Å². The van der Waals surface area contributed by atoms with Gasteiger partial charge in [0.25, 0.3) is 0 Å². The van der Waals surface area contributed by atoms with Gasteiger partial charge in [0.15, 0.2) is 0 Å². The summed E-state index contributed by atoms with van der Waals surface area (Å²) in [5.74, 6) is 0.410. The Kier molecular flexibility index (Phi) is 3.85. The molecule has 2 rings (SSSR count). The summed E-state index contributed by atoms with van der Waals surface area (Å²) >= 11 is 0. The van der Waals surface area contributed by atoms with Crippen LogP contribution >= 0.6 is 0 Å². The van der Waals surface area contributed by atoms with Crippen LogP contribution in [-0.4, -0.2) is 32.8 Å². The van der Waals surface area contributed by atoms with Gasteiger partial charge in [-0.25, -0.2) is 9.97 Å². The number of methoxy groups -OCH3 is 1. The van der Waals surface area contributed by atoms with Gasteiger partial charge in [0.05, 0.1) is 25.5 Å². The number of pyridine rings is 1. The lowest BCUT2D eigenvalue weighted by atomic mass is 10.3. The number of hydrogen-bond donors (Lipinski definition) is 1. The van der Waals surface area contributed by atoms with Crippen LogP contribution in [0.3, 0.4) is 0 Å². The molecule has 2 aromatic heterocycles. The number of carbonyl (C=O) groups excluding carboxylic acids is 1. The second-order valence-corrected chi connectivity index (χ2v) is 3.55. The molecule has 0 radical (unpaired) electrons. The zero-order valence-corrected chi connectivity index (χ0v) is 9.91. The first-order chi connectivity index (χ1) is 8.78. The number of nitrogens with one attached hydrogen (secondary N) is 1. The van der Waals surface area contributed by atoms with Crippen LogP contribution in [0.4, 0.5) is 5.69 Å². The lowest BCUT2D eigenvalue weighted by Crippen LogP contribution is -2.14. The molecule has 0 aromatic carbocycles. The van der Waals surface area contributed by atoms with Gasteiger partial charge in [0.2, 0.25) is 11.8 Å². The van der Waals surface area contributed by atoms with Gasteiger partial charge in [0.1, 0.15) is 12.7 Å². The second kappa shape index (κ2) is 5.76. The van der Waals surface area contributed by atoms with Gasteiger partial charge in [-0.15, -0.1) is 0 Å². The minimum absolute atomic E-state index is 0.0996. The van der Waals surface area contributed by atoms with Crippen molar-refractivity contribution in [1.29, 1.82) is 0 Å². The summed E-state index contributed by atoms with van der Waals surface area (Å²) in [6.45, 7) is 0.495. The molecule has 0 aliphatic rings. The van der Waals surface area contributed by atoms with Gasteiger partial charge in [-0.2, -0.15) is 5.10 Å². The molecule has 0 fully saturated rings. The molecule has 18 heavy (non-hydrogen) atoms. The molecule has 2 heterocycles. The van der Waals surface area contributed by atoms with Gasteiger partial charge in [-0.05, 0) is 6.07 Å². The first kappa shape index (κ1) is 12.0. The average molecular weight is 247 g/mol. The molecule has 0 spiro atoms. The summed E-state index contributed by atoms with van der Waals surface area (Å²) < 4.78 is 6.53. The summed E-state index contributed by atoms with van der Waals surface area (Å²) in [5, 5.41) is 6.65. The van der Waals surface area contributed by atoms with Crippen LogP contribution < -0.4 is 10.1 Å². The Hall–Kier alpha value is -2.44. The summed E-state index contributed by atoms with van der Waals surface area (Å²) in [5.41, 5.74) is 0.638. The van der Waals surface area contributed by atoms with Crippen molar-refractivity contribution >= 4 is 11.6 Å². The quantitative estimate of drug-likeness (QED) is 0.841. The van der Waals surface area contributed by atoms with E-state index in [0.29, 0.717) is 24.5 Å². The Balaban J connectivity index is 1.83. The smallest absolute Gasteiger partial charge is 0.226 e. The summed E-state index contributed by atoms with van der Waals surface area (Å²) in [6, 6.07) is 3.42. The van der Waals surface area contributed by atoms with Crippen LogP contribution in [0.15, 0.2) is 31.0 Å². The molecule has 1 N–H and O–H groups in total. The molecule has 7 nitrogen and oxygen atoms in total. The highest BCUT2D eigenvalue weighted by molar-refractivity contribution is 5.90. The molecule has 0 saturated heterocycles. The van der Waals surface area contributed by atoms with Gasteiger partial charge in [0, 0.05) is 12.5 Å². The zero-order valence-electron chi connectivity index (χ0n) is 9.91. The minimum atomic E-state index is -0.0996. The van der Waals surface area contributed by atoms with Crippen molar-refractivity contribution in [3.63, 3.8) is 0 Å². The Morgan fingerprint density at radius 1 is 1.50 bits per heavy atom. The van der Waals surface area contributed by atoms with E-state index < -0.39 is 0 Å². The number of aromatic nitrogens is 4. The van der Waals surface area contributed by atoms with Gasteiger partial charge < -0.3 is 10.1 Å². The third-order valence-electron chi connectivity index (χ3n) is 2.26. The average Bonchev–Trinajstić information content (AvgIpc) is 2.90. The number of nitrogens with zero attached hydrogens (tertiary/aromatic N) is 4. The SMILES string of the molecule is COc1ccc(NC(=O)CCn2cncn2)cn1. The summed E-state index contributed by atoms with van der Waals surface area (Å²) in [6.07, 6.45) is 4.88. The summed E-state index contributed by atoms with van der Waals surface area (Å²) in [7, 11) is 1.54. The van der Waals surface area contributed by atoms with E-state index in [1.165, 1.54) is 6.33 Å². The number of aryl methyl sites for hydroxylation is 1. The Morgan fingerprint density at radius 2 is 2.39 bits per heavy atom. The monoisotopic (exact) mass is 247 g/mol. The maximum atomic E-state index is 11.6. The van der Waals surface area contributed by atoms with E-state index in [2.05, 4.69) is 20.4 Å². The fourth-order valence-corrected chi connectivity index (χ4v) is 1.36. The third-order valence-corrected chi connectivity index (χ3v) is 2.26. The number of amides is 1. The standard InChI is InChI=1S/C11H13N5O2/c1-18-11-3-2-9(6-13-11)15-10(17)4-5-16-8-12-7-14-16/h2-3,6-8H,4-5H2,1H3,(H,15,17). The normalized spacial score (nSPS) is 10.1. The van der Waals surface area contributed by atoms with Crippen LogP contribution in [0.1, 0.15) is 6.42 Å². The van der Waals surface area contributed by atoms with Crippen LogP contribution in [0, 0.1) is 0 Å². The molecule has 0 unspecified atom stereocenters. The molecule has 0 atom stereocenters. The van der Waals surface area contributed by atoms with Crippen molar-refractivity contribution in [2.45, 2.75) is 13.0 Å². The highest BCUT2D eigenvalue weighted by atomic mass is 16.5. The van der Waals surface area contributed by atoms with Crippen molar-refractivity contribution in [3.05, 3.63) is 31.0 Å². The molecule has 0 saturated carbocycles. The maximum absolute atomic E-state index is 11.6. The Bertz CT molecular complexity index is 495. The molecule has 0 bridgehead atoms. The van der Waals surface area contributed by atoms with Crippen molar-refractivity contribution in [3.8, 4) is 5.88 Å². The highest BCUT2D eigenvalue weighted by Crippen LogP contribution is 2.11. The lowest BCUT2D eigenvalue weighted by molar-refractivity contribution is -0.116. The molecular formula is C11H13N5O2. The second-order valence-electron chi connectivity index (χ2n) is 3.55.